The van der Waals surface area contributed by atoms with E-state index in [-0.39, 0.29) is 33.5 Å². The highest BCUT2D eigenvalue weighted by Gasteiger charge is 2.69. The summed E-state index contributed by atoms with van der Waals surface area (Å²) in [6.07, 6.45) is 10.9. The van der Waals surface area contributed by atoms with Crippen molar-refractivity contribution >= 4 is 5.97 Å². The molecule has 3 saturated carbocycles. The second-order valence-electron chi connectivity index (χ2n) is 17.7. The van der Waals surface area contributed by atoms with Crippen molar-refractivity contribution in [1.29, 1.82) is 5.26 Å². The minimum absolute atomic E-state index is 0.0163. The molecule has 5 nitrogen and oxygen atoms in total. The van der Waals surface area contributed by atoms with Crippen molar-refractivity contribution < 1.29 is 14.3 Å². The number of fused-ring (bicyclic) bond motifs is 8. The van der Waals surface area contributed by atoms with Gasteiger partial charge in [-0.2, -0.15) is 5.26 Å². The van der Waals surface area contributed by atoms with Gasteiger partial charge in [-0.05, 0) is 121 Å². The molecule has 3 fully saturated rings. The fourth-order valence-electron chi connectivity index (χ4n) is 12.6. The summed E-state index contributed by atoms with van der Waals surface area (Å²) < 4.78 is 12.1. The molecule has 0 aliphatic heterocycles. The highest BCUT2D eigenvalue weighted by molar-refractivity contribution is 5.79. The van der Waals surface area contributed by atoms with Crippen LogP contribution >= 0.6 is 0 Å². The molecule has 1 heterocycles. The molecule has 0 unspecified atom stereocenters. The van der Waals surface area contributed by atoms with Crippen LogP contribution in [0.1, 0.15) is 123 Å². The second-order valence-corrected chi connectivity index (χ2v) is 17.7. The fraction of sp³-hybridized carbons (Fsp3) is 0.651. The number of hydrogen-bond donors (Lipinski definition) is 0. The lowest BCUT2D eigenvalue weighted by Gasteiger charge is -2.71. The number of allylic oxidation sites excluding steroid dienone is 2. The average Bonchev–Trinajstić information content (AvgIpc) is 3.06. The summed E-state index contributed by atoms with van der Waals surface area (Å²) in [4.78, 5) is 19.4. The van der Waals surface area contributed by atoms with Crippen LogP contribution in [0.25, 0.3) is 0 Å². The first-order valence-corrected chi connectivity index (χ1v) is 18.8. The molecule has 48 heavy (non-hydrogen) atoms. The van der Waals surface area contributed by atoms with E-state index in [1.807, 2.05) is 37.3 Å². The molecular formula is C43H56N2O3. The average molecular weight is 649 g/mol. The predicted molar refractivity (Wildman–Crippen MR) is 189 cm³/mol. The first kappa shape index (κ1) is 33.4. The van der Waals surface area contributed by atoms with Gasteiger partial charge in [0.2, 0.25) is 5.88 Å². The number of carbonyl (C=O) groups is 1. The van der Waals surface area contributed by atoms with E-state index in [1.54, 1.807) is 5.57 Å². The maximum atomic E-state index is 14.4. The van der Waals surface area contributed by atoms with Gasteiger partial charge < -0.3 is 9.47 Å². The Morgan fingerprint density at radius 2 is 1.75 bits per heavy atom. The number of ether oxygens (including phenoxy) is 2. The highest BCUT2D eigenvalue weighted by atomic mass is 16.5. The van der Waals surface area contributed by atoms with Crippen LogP contribution in [0.5, 0.6) is 5.88 Å². The maximum Gasteiger partial charge on any atom is 0.313 e. The topological polar surface area (TPSA) is 72.2 Å². The van der Waals surface area contributed by atoms with Crippen molar-refractivity contribution in [2.45, 2.75) is 119 Å². The summed E-state index contributed by atoms with van der Waals surface area (Å²) in [7, 11) is 0. The molecule has 5 aliphatic carbocycles. The van der Waals surface area contributed by atoms with E-state index in [4.69, 9.17) is 14.5 Å². The number of carbonyl (C=O) groups excluding carboxylic acids is 1. The van der Waals surface area contributed by atoms with Crippen molar-refractivity contribution in [2.75, 3.05) is 6.61 Å². The van der Waals surface area contributed by atoms with Gasteiger partial charge >= 0.3 is 5.97 Å². The maximum absolute atomic E-state index is 14.4. The van der Waals surface area contributed by atoms with Crippen LogP contribution in [0.4, 0.5) is 0 Å². The highest BCUT2D eigenvalue weighted by Crippen LogP contribution is 2.75. The number of benzene rings is 1. The van der Waals surface area contributed by atoms with Gasteiger partial charge in [-0.15, -0.1) is 0 Å². The van der Waals surface area contributed by atoms with E-state index in [2.05, 4.69) is 66.7 Å². The van der Waals surface area contributed by atoms with Crippen LogP contribution in [0.2, 0.25) is 0 Å². The lowest BCUT2D eigenvalue weighted by atomic mass is 9.33. The molecule has 7 rings (SSSR count). The largest absolute Gasteiger partial charge is 0.477 e. The van der Waals surface area contributed by atoms with Gasteiger partial charge in [0.1, 0.15) is 18.2 Å². The van der Waals surface area contributed by atoms with Crippen molar-refractivity contribution in [2.24, 2.45) is 51.2 Å². The minimum atomic E-state index is -0.445. The third-order valence-corrected chi connectivity index (χ3v) is 15.4. The molecule has 0 radical (unpaired) electrons. The van der Waals surface area contributed by atoms with E-state index in [9.17, 15) is 10.1 Å². The quantitative estimate of drug-likeness (QED) is 0.238. The number of aromatic nitrogens is 1. The Balaban J connectivity index is 1.27. The van der Waals surface area contributed by atoms with Crippen LogP contribution < -0.4 is 4.74 Å². The summed E-state index contributed by atoms with van der Waals surface area (Å²) in [5.74, 6) is 2.71. The molecule has 5 aliphatic rings. The zero-order valence-electron chi connectivity index (χ0n) is 30.6. The molecule has 5 heteroatoms. The van der Waals surface area contributed by atoms with Crippen molar-refractivity contribution in [1.82, 2.24) is 4.98 Å². The number of rotatable bonds is 5. The first-order valence-electron chi connectivity index (χ1n) is 18.8. The third-order valence-electron chi connectivity index (χ3n) is 15.4. The molecule has 0 bridgehead atoms. The molecule has 0 saturated heterocycles. The van der Waals surface area contributed by atoms with Crippen LogP contribution in [-0.2, 0) is 28.0 Å². The van der Waals surface area contributed by atoms with Gasteiger partial charge in [0.15, 0.2) is 0 Å². The Labute approximate surface area is 288 Å². The lowest BCUT2D eigenvalue weighted by Crippen LogP contribution is -2.65. The van der Waals surface area contributed by atoms with Crippen molar-refractivity contribution in [3.63, 3.8) is 0 Å². The summed E-state index contributed by atoms with van der Waals surface area (Å²) in [5.41, 5.74) is 5.12. The normalized spacial score (nSPS) is 39.2. The predicted octanol–water partition coefficient (Wildman–Crippen LogP) is 9.77. The molecule has 256 valence electrons. The monoisotopic (exact) mass is 648 g/mol. The third kappa shape index (κ3) is 4.53. The standard InChI is InChI=1S/C43H56N2O3/c1-9-47-37-31(25-44)23-30-24-40(6)33(39(4,5)36(30)45-37)18-19-42(8)34(40)16-15-32-35-28(3)27(2)17-20-43(35,22-21-41(32,42)7)38(46)48-26-29-13-11-10-12-14-29/h10-15,23,27-28,33-35H,9,16-22,24,26H2,1-8H3/t27-,28+,33+,34-,35+,40+,41-,42-,43+/m1/s1. The van der Waals surface area contributed by atoms with E-state index in [0.717, 1.165) is 56.2 Å². The molecular weight excluding hydrogens is 592 g/mol. The Kier molecular flexibility index (Phi) is 7.97. The van der Waals surface area contributed by atoms with E-state index in [1.165, 1.54) is 12.0 Å². The van der Waals surface area contributed by atoms with Crippen LogP contribution in [0.15, 0.2) is 48.0 Å². The van der Waals surface area contributed by atoms with Gasteiger partial charge in [-0.3, -0.25) is 4.79 Å². The minimum Gasteiger partial charge on any atom is -0.477 e. The number of esters is 1. The Morgan fingerprint density at radius 1 is 1.00 bits per heavy atom. The molecule has 9 atom stereocenters. The summed E-state index contributed by atoms with van der Waals surface area (Å²) in [6, 6.07) is 14.6. The molecule has 2 aromatic rings. The Morgan fingerprint density at radius 3 is 2.46 bits per heavy atom. The second kappa shape index (κ2) is 11.5. The van der Waals surface area contributed by atoms with E-state index in [0.29, 0.717) is 48.3 Å². The van der Waals surface area contributed by atoms with Gasteiger partial charge in [-0.25, -0.2) is 4.98 Å². The Hall–Kier alpha value is -3.13. The van der Waals surface area contributed by atoms with Gasteiger partial charge in [-0.1, -0.05) is 90.4 Å². The summed E-state index contributed by atoms with van der Waals surface area (Å²) in [5, 5.41) is 10.0. The summed E-state index contributed by atoms with van der Waals surface area (Å²) >= 11 is 0. The van der Waals surface area contributed by atoms with E-state index < -0.39 is 5.41 Å². The molecule has 0 amide bonds. The Bertz CT molecular complexity index is 1670. The molecule has 0 spiro atoms. The summed E-state index contributed by atoms with van der Waals surface area (Å²) in [6.45, 7) is 20.2. The first-order chi connectivity index (χ1) is 22.8. The van der Waals surface area contributed by atoms with Crippen LogP contribution in [0.3, 0.4) is 0 Å². The van der Waals surface area contributed by atoms with Crippen LogP contribution in [0, 0.1) is 62.6 Å². The molecule has 1 aromatic heterocycles. The van der Waals surface area contributed by atoms with Gasteiger partial charge in [0.05, 0.1) is 17.7 Å². The fourth-order valence-corrected chi connectivity index (χ4v) is 12.6. The zero-order chi connectivity index (χ0) is 34.3. The van der Waals surface area contributed by atoms with Crippen molar-refractivity contribution in [3.05, 3.63) is 70.4 Å². The molecule has 1 aromatic carbocycles. The zero-order valence-corrected chi connectivity index (χ0v) is 30.6. The van der Waals surface area contributed by atoms with Crippen LogP contribution in [-0.4, -0.2) is 17.6 Å². The number of pyridine rings is 1. The van der Waals surface area contributed by atoms with Gasteiger partial charge in [0, 0.05) is 5.41 Å². The van der Waals surface area contributed by atoms with Crippen molar-refractivity contribution in [3.8, 4) is 11.9 Å². The number of nitrogens with zero attached hydrogens (tertiary/aromatic N) is 2. The van der Waals surface area contributed by atoms with Gasteiger partial charge in [0.25, 0.3) is 0 Å². The number of nitriles is 1. The SMILES string of the molecule is CCOc1nc2c(cc1C#N)C[C@]1(C)[C@H]3CC=C4[C@@H]5[C@@H](C)[C@H](C)CC[C@]5(C(=O)OCc5ccccc5)CC[C@@]4(C)[C@]3(C)CC[C@H]1C2(C)C. The smallest absolute Gasteiger partial charge is 0.313 e. The van der Waals surface area contributed by atoms with E-state index >= 15 is 0 Å². The lowest BCUT2D eigenvalue weighted by molar-refractivity contribution is -0.184. The number of hydrogen-bond acceptors (Lipinski definition) is 5. The molecule has 0 N–H and O–H groups in total.